The zero-order valence-corrected chi connectivity index (χ0v) is 15.8. The average Bonchev–Trinajstić information content (AvgIpc) is 2.90. The van der Waals surface area contributed by atoms with Gasteiger partial charge in [0, 0.05) is 31.6 Å². The zero-order valence-electron chi connectivity index (χ0n) is 15.8. The Labute approximate surface area is 167 Å². The molecule has 7 nitrogen and oxygen atoms in total. The van der Waals surface area contributed by atoms with E-state index in [1.54, 1.807) is 21.6 Å². The van der Waals surface area contributed by atoms with Crippen LogP contribution in [0.5, 0.6) is 0 Å². The molecule has 3 aromatic rings. The Morgan fingerprint density at radius 3 is 2.72 bits per heavy atom. The number of aromatic nitrogens is 2. The van der Waals surface area contributed by atoms with Gasteiger partial charge in [0.25, 0.3) is 11.5 Å². The highest BCUT2D eigenvalue weighted by molar-refractivity contribution is 5.99. The van der Waals surface area contributed by atoms with Crippen molar-refractivity contribution in [2.75, 3.05) is 13.1 Å². The Kier molecular flexibility index (Phi) is 4.16. The van der Waals surface area contributed by atoms with Gasteiger partial charge in [-0.3, -0.25) is 19.0 Å². The van der Waals surface area contributed by atoms with Crippen molar-refractivity contribution >= 4 is 22.7 Å². The van der Waals surface area contributed by atoms with Crippen molar-refractivity contribution < 1.29 is 9.59 Å². The van der Waals surface area contributed by atoms with Gasteiger partial charge in [0.1, 0.15) is 5.82 Å². The first-order valence-corrected chi connectivity index (χ1v) is 9.78. The molecular weight excluding hydrogens is 368 g/mol. The van der Waals surface area contributed by atoms with Gasteiger partial charge >= 0.3 is 0 Å². The van der Waals surface area contributed by atoms with Gasteiger partial charge in [-0.2, -0.15) is 0 Å². The maximum absolute atomic E-state index is 13.0. The van der Waals surface area contributed by atoms with E-state index in [1.165, 1.54) is 0 Å². The first kappa shape index (κ1) is 17.6. The predicted octanol–water partition coefficient (Wildman–Crippen LogP) is 1.66. The van der Waals surface area contributed by atoms with E-state index in [4.69, 9.17) is 0 Å². The van der Waals surface area contributed by atoms with Crippen molar-refractivity contribution in [2.45, 2.75) is 25.4 Å². The van der Waals surface area contributed by atoms with Crippen LogP contribution in [-0.4, -0.2) is 39.4 Å². The molecule has 0 spiro atoms. The molecule has 3 heterocycles. The predicted molar refractivity (Wildman–Crippen MR) is 108 cm³/mol. The van der Waals surface area contributed by atoms with E-state index >= 15 is 0 Å². The number of fused-ring (bicyclic) bond motifs is 3. The first-order valence-electron chi connectivity index (χ1n) is 9.78. The van der Waals surface area contributed by atoms with Gasteiger partial charge in [0.2, 0.25) is 5.91 Å². The maximum atomic E-state index is 13.0. The summed E-state index contributed by atoms with van der Waals surface area (Å²) in [5.41, 5.74) is 2.13. The van der Waals surface area contributed by atoms with Crippen LogP contribution in [0, 0.1) is 0 Å². The fourth-order valence-corrected chi connectivity index (χ4v) is 4.24. The number of nitrogens with zero attached hydrogens (tertiary/aromatic N) is 3. The van der Waals surface area contributed by atoms with Crippen LogP contribution in [0.4, 0.5) is 0 Å². The van der Waals surface area contributed by atoms with Gasteiger partial charge in [-0.05, 0) is 23.8 Å². The van der Waals surface area contributed by atoms with E-state index in [9.17, 15) is 14.4 Å². The number of nitrogens with one attached hydrogen (secondary N) is 1. The molecular formula is C22H20N4O3. The molecule has 1 aromatic heterocycles. The minimum absolute atomic E-state index is 0.0302. The molecule has 0 fully saturated rings. The molecule has 1 N–H and O–H groups in total. The molecule has 2 aromatic carbocycles. The SMILES string of the molecule is O=C1NC(CC(=O)N2CCc3nc4ccccc4c(=O)n3CC2)c2ccccc21. The Bertz CT molecular complexity index is 1200. The highest BCUT2D eigenvalue weighted by Gasteiger charge is 2.31. The highest BCUT2D eigenvalue weighted by atomic mass is 16.2. The van der Waals surface area contributed by atoms with Gasteiger partial charge < -0.3 is 10.2 Å². The van der Waals surface area contributed by atoms with Crippen molar-refractivity contribution in [1.29, 1.82) is 0 Å². The van der Waals surface area contributed by atoms with E-state index in [0.29, 0.717) is 48.3 Å². The fraction of sp³-hybridized carbons (Fsp3) is 0.273. The van der Waals surface area contributed by atoms with Crippen molar-refractivity contribution in [3.8, 4) is 0 Å². The van der Waals surface area contributed by atoms with E-state index in [1.807, 2.05) is 36.4 Å². The van der Waals surface area contributed by atoms with Gasteiger partial charge in [0.05, 0.1) is 23.4 Å². The third-order valence-corrected chi connectivity index (χ3v) is 5.76. The Hall–Kier alpha value is -3.48. The van der Waals surface area contributed by atoms with Crippen molar-refractivity contribution in [1.82, 2.24) is 19.8 Å². The molecule has 2 aliphatic rings. The number of carbonyl (C=O) groups is 2. The van der Waals surface area contributed by atoms with Gasteiger partial charge in [-0.25, -0.2) is 4.98 Å². The molecule has 2 aliphatic heterocycles. The molecule has 1 unspecified atom stereocenters. The van der Waals surface area contributed by atoms with Crippen LogP contribution in [0.2, 0.25) is 0 Å². The average molecular weight is 388 g/mol. The van der Waals surface area contributed by atoms with Crippen LogP contribution in [0.15, 0.2) is 53.3 Å². The van der Waals surface area contributed by atoms with Gasteiger partial charge in [-0.15, -0.1) is 0 Å². The van der Waals surface area contributed by atoms with Crippen molar-refractivity contribution in [3.63, 3.8) is 0 Å². The normalized spacial score (nSPS) is 18.1. The number of carbonyl (C=O) groups excluding carboxylic acids is 2. The van der Waals surface area contributed by atoms with Crippen LogP contribution in [0.25, 0.3) is 10.9 Å². The molecule has 2 amide bonds. The minimum atomic E-state index is -0.305. The van der Waals surface area contributed by atoms with Crippen molar-refractivity contribution in [3.05, 3.63) is 75.8 Å². The lowest BCUT2D eigenvalue weighted by Gasteiger charge is -2.22. The smallest absolute Gasteiger partial charge is 0.261 e. The summed E-state index contributed by atoms with van der Waals surface area (Å²) < 4.78 is 1.68. The second kappa shape index (κ2) is 6.84. The Morgan fingerprint density at radius 1 is 1.03 bits per heavy atom. The molecule has 29 heavy (non-hydrogen) atoms. The molecule has 0 bridgehead atoms. The number of hydrogen-bond acceptors (Lipinski definition) is 4. The lowest BCUT2D eigenvalue weighted by atomic mass is 10.0. The Morgan fingerprint density at radius 2 is 1.83 bits per heavy atom. The topological polar surface area (TPSA) is 84.3 Å². The molecule has 1 atom stereocenters. The summed E-state index contributed by atoms with van der Waals surface area (Å²) in [6.07, 6.45) is 0.739. The second-order valence-electron chi connectivity index (χ2n) is 7.45. The highest BCUT2D eigenvalue weighted by Crippen LogP contribution is 2.28. The summed E-state index contributed by atoms with van der Waals surface area (Å²) in [6.45, 7) is 1.38. The fourth-order valence-electron chi connectivity index (χ4n) is 4.24. The summed E-state index contributed by atoms with van der Waals surface area (Å²) in [5, 5.41) is 3.50. The molecule has 0 saturated heterocycles. The van der Waals surface area contributed by atoms with E-state index in [0.717, 1.165) is 5.56 Å². The maximum Gasteiger partial charge on any atom is 0.261 e. The summed E-state index contributed by atoms with van der Waals surface area (Å²) in [5.74, 6) is 0.546. The second-order valence-corrected chi connectivity index (χ2v) is 7.45. The van der Waals surface area contributed by atoms with Gasteiger partial charge in [0.15, 0.2) is 0 Å². The van der Waals surface area contributed by atoms with E-state index in [-0.39, 0.29) is 29.8 Å². The lowest BCUT2D eigenvalue weighted by Crippen LogP contribution is -2.36. The van der Waals surface area contributed by atoms with Crippen LogP contribution in [-0.2, 0) is 17.8 Å². The summed E-state index contributed by atoms with van der Waals surface area (Å²) in [7, 11) is 0. The molecule has 0 radical (unpaired) electrons. The van der Waals surface area contributed by atoms with E-state index < -0.39 is 0 Å². The first-order chi connectivity index (χ1) is 14.1. The standard InChI is InChI=1S/C22H20N4O3/c27-20(13-18-14-5-1-2-6-15(14)21(28)24-18)25-10-9-19-23-17-8-4-3-7-16(17)22(29)26(19)12-11-25/h1-8,18H,9-13H2,(H,24,28). The monoisotopic (exact) mass is 388 g/mol. The molecule has 0 aliphatic carbocycles. The summed E-state index contributed by atoms with van der Waals surface area (Å²) in [6, 6.07) is 14.4. The van der Waals surface area contributed by atoms with Crippen LogP contribution >= 0.6 is 0 Å². The third-order valence-electron chi connectivity index (χ3n) is 5.76. The zero-order chi connectivity index (χ0) is 20.0. The summed E-state index contributed by atoms with van der Waals surface area (Å²) >= 11 is 0. The van der Waals surface area contributed by atoms with E-state index in [2.05, 4.69) is 10.3 Å². The van der Waals surface area contributed by atoms with Crippen LogP contribution in [0.3, 0.4) is 0 Å². The minimum Gasteiger partial charge on any atom is -0.345 e. The molecule has 7 heteroatoms. The van der Waals surface area contributed by atoms with Gasteiger partial charge in [-0.1, -0.05) is 30.3 Å². The third kappa shape index (κ3) is 2.99. The molecule has 146 valence electrons. The number of benzene rings is 2. The van der Waals surface area contributed by atoms with Crippen LogP contribution < -0.4 is 10.9 Å². The molecule has 0 saturated carbocycles. The number of rotatable bonds is 2. The van der Waals surface area contributed by atoms with Crippen molar-refractivity contribution in [2.24, 2.45) is 0 Å². The number of para-hydroxylation sites is 1. The Balaban J connectivity index is 1.35. The number of hydrogen-bond donors (Lipinski definition) is 1. The quantitative estimate of drug-likeness (QED) is 0.724. The largest absolute Gasteiger partial charge is 0.345 e. The van der Waals surface area contributed by atoms with Crippen LogP contribution in [0.1, 0.15) is 34.2 Å². The summed E-state index contributed by atoms with van der Waals surface area (Å²) in [4.78, 5) is 44.3. The lowest BCUT2D eigenvalue weighted by molar-refractivity contribution is -0.131. The molecule has 5 rings (SSSR count). The number of amides is 2.